The van der Waals surface area contributed by atoms with Crippen LogP contribution in [0.1, 0.15) is 70.6 Å². The van der Waals surface area contributed by atoms with Crippen molar-refractivity contribution in [1.29, 1.82) is 0 Å². The van der Waals surface area contributed by atoms with Crippen LogP contribution in [-0.4, -0.2) is 29.5 Å². The molecule has 0 bridgehead atoms. The highest BCUT2D eigenvalue weighted by Crippen LogP contribution is 2.10. The number of hydrogen-bond acceptors (Lipinski definition) is 2. The third kappa shape index (κ3) is 24.9. The second kappa shape index (κ2) is 25.6. The van der Waals surface area contributed by atoms with E-state index in [4.69, 9.17) is 11.5 Å². The van der Waals surface area contributed by atoms with Crippen LogP contribution in [0.5, 0.6) is 0 Å². The topological polar surface area (TPSA) is 147 Å². The summed E-state index contributed by atoms with van der Waals surface area (Å²) in [7, 11) is 0. The van der Waals surface area contributed by atoms with Crippen molar-refractivity contribution in [2.75, 3.05) is 13.1 Å². The Hall–Kier alpha value is -0.200. The van der Waals surface area contributed by atoms with Crippen LogP contribution in [0, 0.1) is 0 Å². The van der Waals surface area contributed by atoms with Crippen molar-refractivity contribution < 1.29 is 16.4 Å². The average molecular weight is 268 g/mol. The summed E-state index contributed by atoms with van der Waals surface area (Å²) in [4.78, 5) is 0. The van der Waals surface area contributed by atoms with Crippen molar-refractivity contribution in [1.82, 2.24) is 0 Å². The van der Waals surface area contributed by atoms with Gasteiger partial charge in [0.2, 0.25) is 0 Å². The lowest BCUT2D eigenvalue weighted by molar-refractivity contribution is 0.548. The molecule has 0 atom stereocenters. The minimum absolute atomic E-state index is 0. The molecule has 0 aliphatic carbocycles. The molecule has 0 heterocycles. The fourth-order valence-corrected chi connectivity index (χ4v) is 1.88. The van der Waals surface area contributed by atoms with Crippen molar-refractivity contribution in [3.63, 3.8) is 0 Å². The number of hydrogen-bond donors (Lipinski definition) is 2. The van der Waals surface area contributed by atoms with Crippen LogP contribution in [0.25, 0.3) is 0 Å². The molecule has 18 heavy (non-hydrogen) atoms. The molecule has 0 radical (unpaired) electrons. The van der Waals surface area contributed by atoms with Gasteiger partial charge in [-0.1, -0.05) is 57.8 Å². The summed E-state index contributed by atoms with van der Waals surface area (Å²) < 4.78 is 0. The molecule has 0 amide bonds. The summed E-state index contributed by atoms with van der Waals surface area (Å²) in [6, 6.07) is 0. The highest BCUT2D eigenvalue weighted by atomic mass is 16.0. The summed E-state index contributed by atoms with van der Waals surface area (Å²) in [6.07, 6.45) is 14.9. The van der Waals surface area contributed by atoms with Gasteiger partial charge in [-0.05, 0) is 25.9 Å². The maximum atomic E-state index is 5.44. The molecule has 0 saturated heterocycles. The Morgan fingerprint density at radius 2 is 0.500 bits per heavy atom. The zero-order valence-electron chi connectivity index (χ0n) is 11.8. The zero-order chi connectivity index (χ0) is 11.2. The van der Waals surface area contributed by atoms with E-state index >= 15 is 0 Å². The minimum Gasteiger partial charge on any atom is -0.412 e. The Bertz CT molecular complexity index is 104. The van der Waals surface area contributed by atoms with E-state index in [1.54, 1.807) is 0 Å². The van der Waals surface area contributed by atoms with Gasteiger partial charge in [0.1, 0.15) is 0 Å². The van der Waals surface area contributed by atoms with Gasteiger partial charge in [-0.2, -0.15) is 0 Å². The Balaban J connectivity index is -0.000000327. The highest BCUT2D eigenvalue weighted by Gasteiger charge is 1.92. The predicted octanol–water partition coefficient (Wildman–Crippen LogP) is 0.721. The summed E-state index contributed by atoms with van der Waals surface area (Å²) in [5, 5.41) is 0. The number of rotatable bonds is 12. The smallest absolute Gasteiger partial charge is 0.00773 e. The van der Waals surface area contributed by atoms with E-state index < -0.39 is 0 Å². The molecule has 5 heteroatoms. The van der Waals surface area contributed by atoms with E-state index in [0.29, 0.717) is 0 Å². The molecule has 10 N–H and O–H groups in total. The van der Waals surface area contributed by atoms with E-state index in [-0.39, 0.29) is 16.4 Å². The van der Waals surface area contributed by atoms with E-state index in [1.165, 1.54) is 70.6 Å². The van der Waals surface area contributed by atoms with Gasteiger partial charge in [0, 0.05) is 0 Å². The van der Waals surface area contributed by atoms with Crippen molar-refractivity contribution in [2.24, 2.45) is 11.5 Å². The summed E-state index contributed by atoms with van der Waals surface area (Å²) in [6.45, 7) is 1.72. The largest absolute Gasteiger partial charge is 0.412 e. The van der Waals surface area contributed by atoms with Gasteiger partial charge in [0.05, 0.1) is 0 Å². The maximum Gasteiger partial charge on any atom is -0.00773 e. The summed E-state index contributed by atoms with van der Waals surface area (Å²) >= 11 is 0. The van der Waals surface area contributed by atoms with Gasteiger partial charge >= 0.3 is 0 Å². The molecule has 0 fully saturated rings. The molecular weight excluding hydrogens is 232 g/mol. The second-order valence-corrected chi connectivity index (χ2v) is 4.47. The van der Waals surface area contributed by atoms with Crippen molar-refractivity contribution in [3.05, 3.63) is 0 Å². The lowest BCUT2D eigenvalue weighted by Gasteiger charge is -2.01. The molecule has 0 aliphatic heterocycles. The van der Waals surface area contributed by atoms with Gasteiger partial charge in [-0.3, -0.25) is 0 Å². The highest BCUT2D eigenvalue weighted by molar-refractivity contribution is 4.48. The predicted molar refractivity (Wildman–Crippen MR) is 79.7 cm³/mol. The van der Waals surface area contributed by atoms with Crippen LogP contribution in [0.3, 0.4) is 0 Å². The summed E-state index contributed by atoms with van der Waals surface area (Å²) in [5.74, 6) is 0. The molecular formula is C13H36N2O3. The van der Waals surface area contributed by atoms with Crippen LogP contribution < -0.4 is 11.5 Å². The number of unbranched alkanes of at least 4 members (excludes halogenated alkanes) is 10. The molecule has 116 valence electrons. The first-order chi connectivity index (χ1) is 7.41. The van der Waals surface area contributed by atoms with Crippen molar-refractivity contribution >= 4 is 0 Å². The monoisotopic (exact) mass is 268 g/mol. The van der Waals surface area contributed by atoms with E-state index in [9.17, 15) is 0 Å². The Labute approximate surface area is 112 Å². The molecule has 0 rings (SSSR count). The summed E-state index contributed by atoms with van der Waals surface area (Å²) in [5.41, 5.74) is 10.9. The maximum absolute atomic E-state index is 5.44. The second-order valence-electron chi connectivity index (χ2n) is 4.47. The Kier molecular flexibility index (Phi) is 37.5. The van der Waals surface area contributed by atoms with Crippen LogP contribution in [0.2, 0.25) is 0 Å². The third-order valence-corrected chi connectivity index (χ3v) is 2.91. The average Bonchev–Trinajstić information content (AvgIpc) is 2.26. The number of nitrogens with two attached hydrogens (primary N) is 2. The lowest BCUT2D eigenvalue weighted by Crippen LogP contribution is -1.97. The first-order valence-corrected chi connectivity index (χ1v) is 6.82. The van der Waals surface area contributed by atoms with E-state index in [2.05, 4.69) is 0 Å². The van der Waals surface area contributed by atoms with Gasteiger partial charge < -0.3 is 27.9 Å². The Morgan fingerprint density at radius 1 is 0.333 bits per heavy atom. The normalized spacial score (nSPS) is 9.00. The van der Waals surface area contributed by atoms with Crippen LogP contribution >= 0.6 is 0 Å². The fourth-order valence-electron chi connectivity index (χ4n) is 1.88. The lowest BCUT2D eigenvalue weighted by atomic mass is 10.1. The standard InChI is InChI=1S/C13H30N2.3H2O/c14-12-10-8-6-4-2-1-3-5-7-9-11-13-15;;;/h1-15H2;3*1H2. The van der Waals surface area contributed by atoms with Crippen molar-refractivity contribution in [2.45, 2.75) is 70.6 Å². The quantitative estimate of drug-likeness (QED) is 0.502. The van der Waals surface area contributed by atoms with E-state index in [1.807, 2.05) is 0 Å². The van der Waals surface area contributed by atoms with Crippen LogP contribution in [0.15, 0.2) is 0 Å². The molecule has 0 saturated carbocycles. The molecule has 0 aliphatic rings. The van der Waals surface area contributed by atoms with Crippen LogP contribution in [-0.2, 0) is 0 Å². The molecule has 0 unspecified atom stereocenters. The van der Waals surface area contributed by atoms with Crippen LogP contribution in [0.4, 0.5) is 0 Å². The minimum atomic E-state index is 0. The van der Waals surface area contributed by atoms with Crippen molar-refractivity contribution in [3.8, 4) is 0 Å². The SMILES string of the molecule is NCCCCCCCCCCCCCN.O.O.O. The van der Waals surface area contributed by atoms with E-state index in [0.717, 1.165) is 13.1 Å². The molecule has 0 aromatic carbocycles. The van der Waals surface area contributed by atoms with Gasteiger partial charge in [0.15, 0.2) is 0 Å². The molecule has 0 aromatic rings. The molecule has 5 nitrogen and oxygen atoms in total. The molecule has 0 aromatic heterocycles. The Morgan fingerprint density at radius 3 is 0.667 bits per heavy atom. The molecule has 0 spiro atoms. The first kappa shape index (κ1) is 26.4. The van der Waals surface area contributed by atoms with Gasteiger partial charge in [0.25, 0.3) is 0 Å². The third-order valence-electron chi connectivity index (χ3n) is 2.91. The zero-order valence-corrected chi connectivity index (χ0v) is 11.8. The first-order valence-electron chi connectivity index (χ1n) is 6.82. The fraction of sp³-hybridized carbons (Fsp3) is 1.00. The van der Waals surface area contributed by atoms with Gasteiger partial charge in [-0.15, -0.1) is 0 Å². The van der Waals surface area contributed by atoms with Gasteiger partial charge in [-0.25, -0.2) is 0 Å².